The summed E-state index contributed by atoms with van der Waals surface area (Å²) >= 11 is 0. The minimum absolute atomic E-state index is 0.147. The summed E-state index contributed by atoms with van der Waals surface area (Å²) in [5, 5.41) is 2.79. The van der Waals surface area contributed by atoms with Crippen molar-refractivity contribution in [3.63, 3.8) is 0 Å². The van der Waals surface area contributed by atoms with E-state index >= 15 is 0 Å². The Kier molecular flexibility index (Phi) is 6.06. The van der Waals surface area contributed by atoms with Crippen molar-refractivity contribution in [2.45, 2.75) is 20.3 Å². The fourth-order valence-electron chi connectivity index (χ4n) is 4.60. The van der Waals surface area contributed by atoms with E-state index in [1.807, 2.05) is 90.4 Å². The topological polar surface area (TPSA) is 57.5 Å². The van der Waals surface area contributed by atoms with E-state index in [1.54, 1.807) is 19.1 Å². The first-order valence-corrected chi connectivity index (χ1v) is 11.6. The smallest absolute Gasteiger partial charge is 0.340 e. The molecule has 0 amide bonds. The first-order chi connectivity index (χ1) is 17.1. The summed E-state index contributed by atoms with van der Waals surface area (Å²) in [5.41, 5.74) is 3.92. The zero-order valence-corrected chi connectivity index (χ0v) is 19.7. The molecule has 0 N–H and O–H groups in total. The van der Waals surface area contributed by atoms with E-state index < -0.39 is 5.97 Å². The van der Waals surface area contributed by atoms with Gasteiger partial charge >= 0.3 is 11.9 Å². The summed E-state index contributed by atoms with van der Waals surface area (Å²) in [5.74, 6) is -0.375. The fourth-order valence-corrected chi connectivity index (χ4v) is 4.60. The maximum absolute atomic E-state index is 12.9. The van der Waals surface area contributed by atoms with Gasteiger partial charge in [0.05, 0.1) is 24.1 Å². The fraction of sp³-hybridized carbons (Fsp3) is 0.133. The Balaban J connectivity index is 1.51. The Bertz CT molecular complexity index is 1540. The van der Waals surface area contributed by atoms with Crippen LogP contribution < -0.4 is 4.74 Å². The first-order valence-electron chi connectivity index (χ1n) is 11.6. The van der Waals surface area contributed by atoms with Gasteiger partial charge < -0.3 is 14.0 Å². The van der Waals surface area contributed by atoms with Crippen molar-refractivity contribution in [2.75, 3.05) is 6.61 Å². The molecule has 5 nitrogen and oxygen atoms in total. The third-order valence-electron chi connectivity index (χ3n) is 6.12. The minimum atomic E-state index is -0.399. The molecule has 0 saturated heterocycles. The number of nitrogens with zero attached hydrogens (tertiary/aromatic N) is 1. The molecule has 4 aromatic carbocycles. The van der Waals surface area contributed by atoms with E-state index in [-0.39, 0.29) is 19.0 Å². The summed E-state index contributed by atoms with van der Waals surface area (Å²) in [6.07, 6.45) is 0.147. The Morgan fingerprint density at radius 1 is 0.829 bits per heavy atom. The summed E-state index contributed by atoms with van der Waals surface area (Å²) in [6, 6.07) is 29.1. The van der Waals surface area contributed by atoms with Crippen LogP contribution in [-0.2, 0) is 16.0 Å². The number of esters is 2. The highest BCUT2D eigenvalue weighted by molar-refractivity contribution is 6.07. The molecule has 0 aliphatic rings. The van der Waals surface area contributed by atoms with Gasteiger partial charge in [0.1, 0.15) is 5.75 Å². The van der Waals surface area contributed by atoms with Gasteiger partial charge in [0.25, 0.3) is 0 Å². The van der Waals surface area contributed by atoms with Crippen molar-refractivity contribution in [2.24, 2.45) is 0 Å². The molecule has 5 aromatic rings. The lowest BCUT2D eigenvalue weighted by Crippen LogP contribution is -2.11. The van der Waals surface area contributed by atoms with Gasteiger partial charge in [-0.05, 0) is 60.5 Å². The number of aromatic nitrogens is 1. The molecule has 0 radical (unpaired) electrons. The van der Waals surface area contributed by atoms with Crippen molar-refractivity contribution >= 4 is 33.6 Å². The number of hydrogen-bond donors (Lipinski definition) is 0. The van der Waals surface area contributed by atoms with Crippen LogP contribution in [0.4, 0.5) is 0 Å². The minimum Gasteiger partial charge on any atom is -0.462 e. The van der Waals surface area contributed by atoms with Gasteiger partial charge in [-0.15, -0.1) is 0 Å². The molecule has 5 rings (SSSR count). The van der Waals surface area contributed by atoms with Gasteiger partial charge in [-0.1, -0.05) is 60.7 Å². The number of carbonyl (C=O) groups is 2. The Morgan fingerprint density at radius 3 is 2.37 bits per heavy atom. The zero-order chi connectivity index (χ0) is 24.4. The number of carbonyl (C=O) groups excluding carboxylic acids is 2. The normalized spacial score (nSPS) is 11.0. The molecule has 0 aliphatic carbocycles. The van der Waals surface area contributed by atoms with Crippen LogP contribution in [0.2, 0.25) is 0 Å². The molecule has 0 fully saturated rings. The van der Waals surface area contributed by atoms with E-state index in [9.17, 15) is 9.59 Å². The predicted octanol–water partition coefficient (Wildman–Crippen LogP) is 6.42. The molecule has 35 heavy (non-hydrogen) atoms. The summed E-state index contributed by atoms with van der Waals surface area (Å²) in [7, 11) is 0. The van der Waals surface area contributed by atoms with E-state index in [2.05, 4.69) is 0 Å². The predicted molar refractivity (Wildman–Crippen MR) is 137 cm³/mol. The molecule has 0 aliphatic heterocycles. The second-order valence-electron chi connectivity index (χ2n) is 8.32. The van der Waals surface area contributed by atoms with Gasteiger partial charge in [0.2, 0.25) is 0 Å². The zero-order valence-electron chi connectivity index (χ0n) is 19.7. The largest absolute Gasteiger partial charge is 0.462 e. The number of benzene rings is 4. The molecule has 5 heteroatoms. The van der Waals surface area contributed by atoms with Crippen LogP contribution in [-0.4, -0.2) is 23.1 Å². The molecule has 1 aromatic heterocycles. The van der Waals surface area contributed by atoms with Crippen LogP contribution in [0.5, 0.6) is 5.75 Å². The van der Waals surface area contributed by atoms with E-state index in [0.717, 1.165) is 33.2 Å². The lowest BCUT2D eigenvalue weighted by molar-refractivity contribution is -0.133. The van der Waals surface area contributed by atoms with Crippen molar-refractivity contribution in [3.05, 3.63) is 108 Å². The molecule has 0 saturated carbocycles. The van der Waals surface area contributed by atoms with E-state index in [4.69, 9.17) is 9.47 Å². The van der Waals surface area contributed by atoms with Gasteiger partial charge in [-0.25, -0.2) is 4.79 Å². The van der Waals surface area contributed by atoms with Gasteiger partial charge in [0.15, 0.2) is 0 Å². The average Bonchev–Trinajstić information content (AvgIpc) is 3.16. The molecule has 0 spiro atoms. The van der Waals surface area contributed by atoms with Gasteiger partial charge in [-0.2, -0.15) is 0 Å². The number of hydrogen-bond acceptors (Lipinski definition) is 4. The number of para-hydroxylation sites is 1. The van der Waals surface area contributed by atoms with Gasteiger partial charge in [0, 0.05) is 16.8 Å². The number of ether oxygens (including phenoxy) is 2. The lowest BCUT2D eigenvalue weighted by atomic mass is 10.0. The highest BCUT2D eigenvalue weighted by Gasteiger charge is 2.23. The highest BCUT2D eigenvalue weighted by atomic mass is 16.5. The van der Waals surface area contributed by atoms with Crippen molar-refractivity contribution in [1.29, 1.82) is 0 Å². The Labute approximate surface area is 203 Å². The molecule has 174 valence electrons. The monoisotopic (exact) mass is 463 g/mol. The number of fused-ring (bicyclic) bond motifs is 2. The van der Waals surface area contributed by atoms with Crippen LogP contribution in [0.15, 0.2) is 91.0 Å². The van der Waals surface area contributed by atoms with Crippen LogP contribution in [0.25, 0.3) is 27.4 Å². The third kappa shape index (κ3) is 4.28. The van der Waals surface area contributed by atoms with Crippen molar-refractivity contribution in [1.82, 2.24) is 4.57 Å². The number of rotatable bonds is 6. The van der Waals surface area contributed by atoms with Crippen LogP contribution in [0, 0.1) is 6.92 Å². The van der Waals surface area contributed by atoms with Crippen molar-refractivity contribution in [3.8, 4) is 11.4 Å². The quantitative estimate of drug-likeness (QED) is 0.215. The van der Waals surface area contributed by atoms with Crippen molar-refractivity contribution < 1.29 is 19.1 Å². The Hall–Kier alpha value is -4.38. The summed E-state index contributed by atoms with van der Waals surface area (Å²) in [4.78, 5) is 25.7. The standard InChI is InChI=1S/C30H25NO4/c1-3-34-30(33)29-20(2)31(23-13-5-4-6-14-23)27-17-16-24(19-26(27)29)35-28(32)18-22-12-9-11-21-10-7-8-15-25(21)22/h4-17,19H,3,18H2,1-2H3. The maximum atomic E-state index is 12.9. The summed E-state index contributed by atoms with van der Waals surface area (Å²) in [6.45, 7) is 3.95. The SMILES string of the molecule is CCOC(=O)c1c(C)n(-c2ccccc2)c2ccc(OC(=O)Cc3cccc4ccccc34)cc12. The molecular formula is C30H25NO4. The summed E-state index contributed by atoms with van der Waals surface area (Å²) < 4.78 is 13.1. The Morgan fingerprint density at radius 2 is 1.57 bits per heavy atom. The molecule has 0 atom stereocenters. The lowest BCUT2D eigenvalue weighted by Gasteiger charge is -2.09. The first kappa shape index (κ1) is 22.4. The molecule has 0 bridgehead atoms. The van der Waals surface area contributed by atoms with Crippen LogP contribution >= 0.6 is 0 Å². The molecule has 0 unspecified atom stereocenters. The maximum Gasteiger partial charge on any atom is 0.340 e. The molecule has 1 heterocycles. The van der Waals surface area contributed by atoms with E-state index in [0.29, 0.717) is 16.7 Å². The van der Waals surface area contributed by atoms with E-state index in [1.165, 1.54) is 0 Å². The van der Waals surface area contributed by atoms with Gasteiger partial charge in [-0.3, -0.25) is 4.79 Å². The second-order valence-corrected chi connectivity index (χ2v) is 8.32. The van der Waals surface area contributed by atoms with Crippen LogP contribution in [0.3, 0.4) is 0 Å². The second kappa shape index (κ2) is 9.47. The average molecular weight is 464 g/mol. The highest BCUT2D eigenvalue weighted by Crippen LogP contribution is 2.33. The van der Waals surface area contributed by atoms with Crippen LogP contribution in [0.1, 0.15) is 28.5 Å². The molecular weight excluding hydrogens is 438 g/mol. The third-order valence-corrected chi connectivity index (χ3v) is 6.12.